The molecule has 9 heteroatoms. The first-order chi connectivity index (χ1) is 14.9. The number of amides is 1. The highest BCUT2D eigenvalue weighted by Gasteiger charge is 2.23. The molecule has 0 saturated carbocycles. The number of benzene rings is 1. The predicted molar refractivity (Wildman–Crippen MR) is 114 cm³/mol. The molecular formula is C22H27FN6O2. The van der Waals surface area contributed by atoms with Crippen molar-refractivity contribution in [3.63, 3.8) is 0 Å². The number of oxazole rings is 1. The second-order valence-corrected chi connectivity index (χ2v) is 7.88. The molecule has 4 rings (SSSR count). The van der Waals surface area contributed by atoms with Crippen LogP contribution in [-0.2, 0) is 6.54 Å². The summed E-state index contributed by atoms with van der Waals surface area (Å²) in [5.74, 6) is 0.00836. The summed E-state index contributed by atoms with van der Waals surface area (Å²) in [5, 5.41) is 10.1. The minimum absolute atomic E-state index is 0.196. The fourth-order valence-electron chi connectivity index (χ4n) is 4.07. The molecule has 1 amide bonds. The normalized spacial score (nSPS) is 15.8. The number of nitrogens with zero attached hydrogens (tertiary/aromatic N) is 4. The van der Waals surface area contributed by atoms with Crippen molar-refractivity contribution in [1.29, 1.82) is 0 Å². The maximum absolute atomic E-state index is 14.0. The van der Waals surface area contributed by atoms with Gasteiger partial charge in [-0.2, -0.15) is 5.10 Å². The smallest absolute Gasteiger partial charge is 0.273 e. The van der Waals surface area contributed by atoms with Gasteiger partial charge in [0, 0.05) is 37.4 Å². The number of carbonyl (C=O) groups excluding carboxylic acids is 1. The van der Waals surface area contributed by atoms with E-state index in [-0.39, 0.29) is 23.5 Å². The van der Waals surface area contributed by atoms with Gasteiger partial charge < -0.3 is 14.6 Å². The number of piperazine rings is 1. The standard InChI is InChI=1S/C22H27FN6O2/c1-14(21-15(2)26-27-16(21)3)24-22(30)18-13-31-20(25-18)12-28-8-10-29(11-9-28)19-7-5-4-6-17(19)23/h4-7,13-14H,8-12H2,1-3H3,(H,24,30)(H,26,27)/t14-/m1/s1. The van der Waals surface area contributed by atoms with Crippen molar-refractivity contribution in [3.05, 3.63) is 64.9 Å². The summed E-state index contributed by atoms with van der Waals surface area (Å²) in [5.41, 5.74) is 3.66. The highest BCUT2D eigenvalue weighted by Crippen LogP contribution is 2.21. The first-order valence-electron chi connectivity index (χ1n) is 10.4. The van der Waals surface area contributed by atoms with Crippen LogP contribution in [0.25, 0.3) is 0 Å². The van der Waals surface area contributed by atoms with Gasteiger partial charge in [0.25, 0.3) is 5.91 Å². The average Bonchev–Trinajstić information content (AvgIpc) is 3.35. The molecule has 1 fully saturated rings. The second-order valence-electron chi connectivity index (χ2n) is 7.88. The molecule has 0 bridgehead atoms. The van der Waals surface area contributed by atoms with Gasteiger partial charge >= 0.3 is 0 Å². The number of aromatic amines is 1. The number of hydrogen-bond acceptors (Lipinski definition) is 6. The molecule has 2 N–H and O–H groups in total. The first-order valence-corrected chi connectivity index (χ1v) is 10.4. The van der Waals surface area contributed by atoms with Gasteiger partial charge in [0.05, 0.1) is 24.0 Å². The zero-order chi connectivity index (χ0) is 22.0. The van der Waals surface area contributed by atoms with Crippen molar-refractivity contribution in [1.82, 2.24) is 25.4 Å². The van der Waals surface area contributed by atoms with Crippen molar-refractivity contribution in [2.45, 2.75) is 33.4 Å². The second kappa shape index (κ2) is 8.89. The minimum Gasteiger partial charge on any atom is -0.447 e. The van der Waals surface area contributed by atoms with Crippen molar-refractivity contribution in [3.8, 4) is 0 Å². The molecule has 31 heavy (non-hydrogen) atoms. The number of nitrogens with one attached hydrogen (secondary N) is 2. The topological polar surface area (TPSA) is 90.3 Å². The molecule has 1 aliphatic rings. The van der Waals surface area contributed by atoms with Crippen LogP contribution < -0.4 is 10.2 Å². The summed E-state index contributed by atoms with van der Waals surface area (Å²) in [6.07, 6.45) is 1.39. The Morgan fingerprint density at radius 1 is 1.26 bits per heavy atom. The highest BCUT2D eigenvalue weighted by molar-refractivity contribution is 5.92. The van der Waals surface area contributed by atoms with E-state index in [2.05, 4.69) is 25.4 Å². The zero-order valence-electron chi connectivity index (χ0n) is 18.0. The molecule has 1 atom stereocenters. The van der Waals surface area contributed by atoms with Crippen LogP contribution in [0.2, 0.25) is 0 Å². The fraction of sp³-hybridized carbons (Fsp3) is 0.409. The molecule has 0 unspecified atom stereocenters. The molecule has 1 aliphatic heterocycles. The number of aromatic nitrogens is 3. The molecule has 164 valence electrons. The van der Waals surface area contributed by atoms with Crippen LogP contribution in [0.3, 0.4) is 0 Å². The Bertz CT molecular complexity index is 1030. The lowest BCUT2D eigenvalue weighted by molar-refractivity contribution is 0.0934. The Balaban J connectivity index is 1.31. The third-order valence-corrected chi connectivity index (χ3v) is 5.67. The number of hydrogen-bond donors (Lipinski definition) is 2. The van der Waals surface area contributed by atoms with Gasteiger partial charge in [-0.15, -0.1) is 0 Å². The lowest BCUT2D eigenvalue weighted by atomic mass is 10.1. The van der Waals surface area contributed by atoms with E-state index in [4.69, 9.17) is 4.42 Å². The molecule has 2 aromatic heterocycles. The molecule has 3 aromatic rings. The summed E-state index contributed by atoms with van der Waals surface area (Å²) in [6.45, 7) is 9.21. The zero-order valence-corrected chi connectivity index (χ0v) is 18.0. The van der Waals surface area contributed by atoms with E-state index < -0.39 is 0 Å². The number of carbonyl (C=O) groups is 1. The summed E-state index contributed by atoms with van der Waals surface area (Å²) in [4.78, 5) is 21.2. The van der Waals surface area contributed by atoms with E-state index in [1.165, 1.54) is 12.3 Å². The summed E-state index contributed by atoms with van der Waals surface area (Å²) >= 11 is 0. The maximum atomic E-state index is 14.0. The van der Waals surface area contributed by atoms with Crippen LogP contribution in [-0.4, -0.2) is 52.2 Å². The largest absolute Gasteiger partial charge is 0.447 e. The number of rotatable bonds is 6. The maximum Gasteiger partial charge on any atom is 0.273 e. The van der Waals surface area contributed by atoms with E-state index in [9.17, 15) is 9.18 Å². The van der Waals surface area contributed by atoms with Crippen LogP contribution in [0, 0.1) is 19.7 Å². The Labute approximate surface area is 180 Å². The van der Waals surface area contributed by atoms with E-state index in [1.807, 2.05) is 31.7 Å². The van der Waals surface area contributed by atoms with Gasteiger partial charge in [-0.3, -0.25) is 14.8 Å². The monoisotopic (exact) mass is 426 g/mol. The Morgan fingerprint density at radius 3 is 2.68 bits per heavy atom. The van der Waals surface area contributed by atoms with Crippen LogP contribution in [0.5, 0.6) is 0 Å². The molecule has 0 radical (unpaired) electrons. The van der Waals surface area contributed by atoms with Gasteiger partial charge in [-0.25, -0.2) is 9.37 Å². The molecule has 8 nitrogen and oxygen atoms in total. The van der Waals surface area contributed by atoms with Crippen molar-refractivity contribution in [2.24, 2.45) is 0 Å². The number of H-pyrrole nitrogens is 1. The van der Waals surface area contributed by atoms with Gasteiger partial charge in [-0.05, 0) is 32.9 Å². The Morgan fingerprint density at radius 2 is 2.00 bits per heavy atom. The Kier molecular flexibility index (Phi) is 6.03. The van der Waals surface area contributed by atoms with Crippen LogP contribution in [0.15, 0.2) is 34.9 Å². The number of aryl methyl sites for hydroxylation is 2. The first kappa shape index (κ1) is 21.0. The van der Waals surface area contributed by atoms with Crippen LogP contribution in [0.1, 0.15) is 46.3 Å². The van der Waals surface area contributed by atoms with Crippen LogP contribution in [0.4, 0.5) is 10.1 Å². The van der Waals surface area contributed by atoms with E-state index >= 15 is 0 Å². The number of anilines is 1. The molecule has 1 saturated heterocycles. The quantitative estimate of drug-likeness (QED) is 0.630. The third kappa shape index (κ3) is 4.61. The summed E-state index contributed by atoms with van der Waals surface area (Å²) < 4.78 is 19.5. The lowest BCUT2D eigenvalue weighted by Gasteiger charge is -2.35. The predicted octanol–water partition coefficient (Wildman–Crippen LogP) is 2.97. The number of para-hydroxylation sites is 1. The SMILES string of the molecule is Cc1n[nH]c(C)c1[C@@H](C)NC(=O)c1coc(CN2CCN(c3ccccc3F)CC2)n1. The van der Waals surface area contributed by atoms with E-state index in [0.717, 1.165) is 43.1 Å². The van der Waals surface area contributed by atoms with E-state index in [0.29, 0.717) is 18.1 Å². The van der Waals surface area contributed by atoms with Gasteiger partial charge in [0.1, 0.15) is 12.1 Å². The van der Waals surface area contributed by atoms with Crippen LogP contribution >= 0.6 is 0 Å². The van der Waals surface area contributed by atoms with Gasteiger partial charge in [0.15, 0.2) is 5.69 Å². The third-order valence-electron chi connectivity index (χ3n) is 5.67. The van der Waals surface area contributed by atoms with Crippen molar-refractivity contribution in [2.75, 3.05) is 31.1 Å². The molecule has 3 heterocycles. The van der Waals surface area contributed by atoms with E-state index in [1.54, 1.807) is 12.1 Å². The van der Waals surface area contributed by atoms with Crippen molar-refractivity contribution >= 4 is 11.6 Å². The van der Waals surface area contributed by atoms with Gasteiger partial charge in [0.2, 0.25) is 5.89 Å². The molecule has 0 aliphatic carbocycles. The lowest BCUT2D eigenvalue weighted by Crippen LogP contribution is -2.46. The van der Waals surface area contributed by atoms with Gasteiger partial charge in [-0.1, -0.05) is 12.1 Å². The molecule has 1 aromatic carbocycles. The molecule has 0 spiro atoms. The number of halogens is 1. The fourth-order valence-corrected chi connectivity index (χ4v) is 4.07. The highest BCUT2D eigenvalue weighted by atomic mass is 19.1. The summed E-state index contributed by atoms with van der Waals surface area (Å²) in [6, 6.07) is 6.64. The summed E-state index contributed by atoms with van der Waals surface area (Å²) in [7, 11) is 0. The molecular weight excluding hydrogens is 399 g/mol. The van der Waals surface area contributed by atoms with Crippen molar-refractivity contribution < 1.29 is 13.6 Å². The Hall–Kier alpha value is -3.20. The minimum atomic E-state index is -0.285. The average molecular weight is 426 g/mol.